The Bertz CT molecular complexity index is 1360. The second-order valence-corrected chi connectivity index (χ2v) is 8.65. The molecule has 0 spiro atoms. The number of anilines is 2. The van der Waals surface area contributed by atoms with Gasteiger partial charge in [-0.25, -0.2) is 23.6 Å². The van der Waals surface area contributed by atoms with Crippen LogP contribution in [0.2, 0.25) is 5.02 Å². The molecule has 0 N–H and O–H groups in total. The van der Waals surface area contributed by atoms with Crippen LogP contribution < -0.4 is 4.90 Å². The average Bonchev–Trinajstić information content (AvgIpc) is 3.00. The van der Waals surface area contributed by atoms with Crippen molar-refractivity contribution in [1.82, 2.24) is 9.97 Å². The van der Waals surface area contributed by atoms with Gasteiger partial charge in [0.1, 0.15) is 11.6 Å². The Balaban J connectivity index is 1.68. The van der Waals surface area contributed by atoms with E-state index < -0.39 is 17.0 Å². The highest BCUT2D eigenvalue weighted by Crippen LogP contribution is 2.47. The minimum atomic E-state index is -1.09. The maximum Gasteiger partial charge on any atom is 0.244 e. The number of carbonyl (C=O) groups is 1. The zero-order valence-electron chi connectivity index (χ0n) is 17.6. The van der Waals surface area contributed by atoms with E-state index in [2.05, 4.69) is 9.97 Å². The van der Waals surface area contributed by atoms with Crippen molar-refractivity contribution in [1.29, 1.82) is 0 Å². The predicted octanol–water partition coefficient (Wildman–Crippen LogP) is 6.25. The van der Waals surface area contributed by atoms with Crippen molar-refractivity contribution in [3.05, 3.63) is 107 Å². The number of hydrogen-bond donors (Lipinski definition) is 0. The molecule has 1 aromatic heterocycles. The van der Waals surface area contributed by atoms with E-state index in [-0.39, 0.29) is 18.3 Å². The lowest BCUT2D eigenvalue weighted by Gasteiger charge is -2.24. The Hall–Kier alpha value is -3.64. The van der Waals surface area contributed by atoms with Gasteiger partial charge in [-0.2, -0.15) is 0 Å². The fourth-order valence-corrected chi connectivity index (χ4v) is 4.58. The molecule has 33 heavy (non-hydrogen) atoms. The summed E-state index contributed by atoms with van der Waals surface area (Å²) >= 11 is 6.18. The lowest BCUT2D eigenvalue weighted by atomic mass is 9.77. The summed E-state index contributed by atoms with van der Waals surface area (Å²) in [5.41, 5.74) is 2.42. The summed E-state index contributed by atoms with van der Waals surface area (Å²) in [6.45, 7) is 1.78. The fourth-order valence-electron chi connectivity index (χ4n) is 4.39. The SMILES string of the molecule is C[C@@]1(Cc2cc(F)cc(F)c2)C(=O)N(c2ncccn2)c2ccc(-c3cccc(Cl)c3)cc21. The van der Waals surface area contributed by atoms with Crippen molar-refractivity contribution >= 4 is 29.1 Å². The second kappa shape index (κ2) is 8.05. The molecule has 7 heteroatoms. The number of fused-ring (bicyclic) bond motifs is 1. The van der Waals surface area contributed by atoms with Crippen LogP contribution in [0.3, 0.4) is 0 Å². The van der Waals surface area contributed by atoms with Crippen molar-refractivity contribution in [2.24, 2.45) is 0 Å². The maximum absolute atomic E-state index is 13.9. The van der Waals surface area contributed by atoms with E-state index in [1.54, 1.807) is 31.5 Å². The van der Waals surface area contributed by atoms with Gasteiger partial charge in [-0.15, -0.1) is 0 Å². The van der Waals surface area contributed by atoms with Gasteiger partial charge in [0, 0.05) is 23.5 Å². The van der Waals surface area contributed by atoms with E-state index in [1.807, 2.05) is 36.4 Å². The lowest BCUT2D eigenvalue weighted by Crippen LogP contribution is -2.38. The highest BCUT2D eigenvalue weighted by atomic mass is 35.5. The van der Waals surface area contributed by atoms with Gasteiger partial charge in [-0.05, 0) is 78.1 Å². The molecule has 1 amide bonds. The van der Waals surface area contributed by atoms with E-state index in [0.717, 1.165) is 22.8 Å². The zero-order chi connectivity index (χ0) is 23.2. The molecule has 4 aromatic rings. The van der Waals surface area contributed by atoms with Gasteiger partial charge in [-0.1, -0.05) is 29.8 Å². The summed E-state index contributed by atoms with van der Waals surface area (Å²) < 4.78 is 27.8. The van der Waals surface area contributed by atoms with Crippen molar-refractivity contribution < 1.29 is 13.6 Å². The number of aromatic nitrogens is 2. The Morgan fingerprint density at radius 2 is 1.61 bits per heavy atom. The van der Waals surface area contributed by atoms with Crippen LogP contribution in [0.1, 0.15) is 18.1 Å². The van der Waals surface area contributed by atoms with Crippen LogP contribution >= 0.6 is 11.6 Å². The first-order valence-corrected chi connectivity index (χ1v) is 10.7. The minimum Gasteiger partial charge on any atom is -0.273 e. The molecule has 0 saturated carbocycles. The third kappa shape index (κ3) is 3.76. The van der Waals surface area contributed by atoms with Crippen LogP contribution in [-0.4, -0.2) is 15.9 Å². The summed E-state index contributed by atoms with van der Waals surface area (Å²) in [5, 5.41) is 0.599. The molecule has 1 aliphatic rings. The molecule has 0 fully saturated rings. The van der Waals surface area contributed by atoms with Crippen LogP contribution in [0.25, 0.3) is 11.1 Å². The molecular weight excluding hydrogens is 444 g/mol. The molecule has 0 unspecified atom stereocenters. The number of halogens is 3. The summed E-state index contributed by atoms with van der Waals surface area (Å²) in [4.78, 5) is 23.8. The molecule has 4 nitrogen and oxygen atoms in total. The molecule has 0 saturated heterocycles. The molecule has 5 rings (SSSR count). The molecule has 1 aliphatic heterocycles. The summed E-state index contributed by atoms with van der Waals surface area (Å²) in [6, 6.07) is 18.1. The molecule has 0 aliphatic carbocycles. The van der Waals surface area contributed by atoms with Gasteiger partial charge < -0.3 is 0 Å². The lowest BCUT2D eigenvalue weighted by molar-refractivity contribution is -0.122. The van der Waals surface area contributed by atoms with E-state index in [9.17, 15) is 13.6 Å². The van der Waals surface area contributed by atoms with Gasteiger partial charge in [0.25, 0.3) is 0 Å². The standard InChI is InChI=1S/C26H18ClF2N3O/c1-26(15-16-10-20(28)14-21(29)11-16)22-13-18(17-4-2-5-19(27)12-17)6-7-23(22)32(24(26)33)25-30-8-3-9-31-25/h2-14H,15H2,1H3/t26-/m0/s1. The molecule has 3 aromatic carbocycles. The van der Waals surface area contributed by atoms with Crippen LogP contribution in [0.5, 0.6) is 0 Å². The van der Waals surface area contributed by atoms with Crippen LogP contribution in [0, 0.1) is 11.6 Å². The fraction of sp³-hybridized carbons (Fsp3) is 0.115. The highest BCUT2D eigenvalue weighted by molar-refractivity contribution is 6.30. The van der Waals surface area contributed by atoms with E-state index >= 15 is 0 Å². The largest absolute Gasteiger partial charge is 0.273 e. The first-order valence-electron chi connectivity index (χ1n) is 10.3. The second-order valence-electron chi connectivity index (χ2n) is 8.22. The maximum atomic E-state index is 13.9. The van der Waals surface area contributed by atoms with E-state index in [1.165, 1.54) is 17.0 Å². The van der Waals surface area contributed by atoms with Crippen LogP contribution in [-0.2, 0) is 16.6 Å². The third-order valence-corrected chi connectivity index (χ3v) is 6.13. The summed E-state index contributed by atoms with van der Waals surface area (Å²) in [7, 11) is 0. The van der Waals surface area contributed by atoms with Crippen molar-refractivity contribution in [3.63, 3.8) is 0 Å². The molecule has 0 bridgehead atoms. The van der Waals surface area contributed by atoms with Gasteiger partial charge in [0.05, 0.1) is 11.1 Å². The number of amides is 1. The first kappa shape index (κ1) is 21.2. The van der Waals surface area contributed by atoms with Gasteiger partial charge in [0.2, 0.25) is 11.9 Å². The predicted molar refractivity (Wildman–Crippen MR) is 123 cm³/mol. The van der Waals surface area contributed by atoms with Crippen LogP contribution in [0.4, 0.5) is 20.4 Å². The minimum absolute atomic E-state index is 0.107. The number of hydrogen-bond acceptors (Lipinski definition) is 3. The number of benzene rings is 3. The Morgan fingerprint density at radius 1 is 0.909 bits per heavy atom. The Labute approximate surface area is 194 Å². The quantitative estimate of drug-likeness (QED) is 0.360. The highest BCUT2D eigenvalue weighted by Gasteiger charge is 2.49. The van der Waals surface area contributed by atoms with Crippen molar-refractivity contribution in [2.45, 2.75) is 18.8 Å². The van der Waals surface area contributed by atoms with Gasteiger partial charge >= 0.3 is 0 Å². The summed E-state index contributed by atoms with van der Waals surface area (Å²) in [5.74, 6) is -1.39. The average molecular weight is 462 g/mol. The number of nitrogens with zero attached hydrogens (tertiary/aromatic N) is 3. The first-order chi connectivity index (χ1) is 15.8. The normalized spacial score (nSPS) is 17.3. The van der Waals surface area contributed by atoms with Crippen molar-refractivity contribution in [3.8, 4) is 11.1 Å². The van der Waals surface area contributed by atoms with E-state index in [0.29, 0.717) is 16.3 Å². The Morgan fingerprint density at radius 3 is 2.30 bits per heavy atom. The Kier molecular flexibility index (Phi) is 5.17. The third-order valence-electron chi connectivity index (χ3n) is 5.90. The molecule has 164 valence electrons. The van der Waals surface area contributed by atoms with Gasteiger partial charge in [0.15, 0.2) is 0 Å². The zero-order valence-corrected chi connectivity index (χ0v) is 18.4. The number of carbonyl (C=O) groups excluding carboxylic acids is 1. The smallest absolute Gasteiger partial charge is 0.244 e. The van der Waals surface area contributed by atoms with E-state index in [4.69, 9.17) is 11.6 Å². The molecule has 1 atom stereocenters. The monoisotopic (exact) mass is 461 g/mol. The van der Waals surface area contributed by atoms with Gasteiger partial charge in [-0.3, -0.25) is 4.79 Å². The summed E-state index contributed by atoms with van der Waals surface area (Å²) in [6.07, 6.45) is 3.23. The topological polar surface area (TPSA) is 46.1 Å². The van der Waals surface area contributed by atoms with Crippen LogP contribution in [0.15, 0.2) is 79.1 Å². The number of rotatable bonds is 4. The molecule has 0 radical (unpaired) electrons. The molecule has 2 heterocycles. The van der Waals surface area contributed by atoms with Crippen molar-refractivity contribution in [2.75, 3.05) is 4.90 Å². The molecular formula is C26H18ClF2N3O.